The van der Waals surface area contributed by atoms with Gasteiger partial charge in [0.1, 0.15) is 12.4 Å². The number of benzene rings is 3. The zero-order valence-corrected chi connectivity index (χ0v) is 17.7. The number of hydrogen-bond acceptors (Lipinski definition) is 4. The summed E-state index contributed by atoms with van der Waals surface area (Å²) in [6.07, 6.45) is 1.70. The Kier molecular flexibility index (Phi) is 5.93. The average Bonchev–Trinajstić information content (AvgIpc) is 3.00. The number of nitrogens with zero attached hydrogens (tertiary/aromatic N) is 1. The minimum absolute atomic E-state index is 0.339. The number of aryl methyl sites for hydroxylation is 1. The molecule has 0 saturated carbocycles. The lowest BCUT2D eigenvalue weighted by atomic mass is 10.1. The van der Waals surface area contributed by atoms with Crippen LogP contribution < -0.4 is 9.64 Å². The third-order valence-corrected chi connectivity index (χ3v) is 5.65. The first-order chi connectivity index (χ1) is 14.5. The van der Waals surface area contributed by atoms with E-state index in [9.17, 15) is 9.59 Å². The van der Waals surface area contributed by atoms with E-state index in [4.69, 9.17) is 16.3 Å². The van der Waals surface area contributed by atoms with Gasteiger partial charge in [-0.1, -0.05) is 65.7 Å². The van der Waals surface area contributed by atoms with E-state index in [0.717, 1.165) is 27.8 Å². The second-order valence-electron chi connectivity index (χ2n) is 6.81. The fraction of sp³-hybridized carbons (Fsp3) is 0.0833. The molecule has 0 unspecified atom stereocenters. The molecule has 0 bridgehead atoms. The Bertz CT molecular complexity index is 1160. The number of anilines is 1. The first-order valence-electron chi connectivity index (χ1n) is 9.32. The lowest BCUT2D eigenvalue weighted by Crippen LogP contribution is -2.27. The number of para-hydroxylation sites is 1. The molecule has 1 aliphatic heterocycles. The fourth-order valence-electron chi connectivity index (χ4n) is 3.14. The van der Waals surface area contributed by atoms with Crippen molar-refractivity contribution in [2.24, 2.45) is 0 Å². The van der Waals surface area contributed by atoms with Gasteiger partial charge < -0.3 is 4.74 Å². The molecule has 3 aromatic rings. The van der Waals surface area contributed by atoms with Crippen LogP contribution in [0.15, 0.2) is 77.7 Å². The maximum atomic E-state index is 12.9. The molecule has 0 atom stereocenters. The van der Waals surface area contributed by atoms with Gasteiger partial charge in [-0.05, 0) is 54.6 Å². The molecule has 0 N–H and O–H groups in total. The van der Waals surface area contributed by atoms with E-state index in [1.165, 1.54) is 5.56 Å². The Morgan fingerprint density at radius 1 is 1.00 bits per heavy atom. The molecule has 0 spiro atoms. The molecule has 1 saturated heterocycles. The van der Waals surface area contributed by atoms with Crippen molar-refractivity contribution in [1.82, 2.24) is 0 Å². The van der Waals surface area contributed by atoms with Crippen molar-refractivity contribution in [2.45, 2.75) is 13.5 Å². The Morgan fingerprint density at radius 2 is 1.80 bits per heavy atom. The number of imide groups is 1. The van der Waals surface area contributed by atoms with Crippen molar-refractivity contribution in [2.75, 3.05) is 4.90 Å². The lowest BCUT2D eigenvalue weighted by molar-refractivity contribution is -0.113. The van der Waals surface area contributed by atoms with Crippen LogP contribution in [0.4, 0.5) is 10.5 Å². The van der Waals surface area contributed by atoms with E-state index in [1.807, 2.05) is 49.4 Å². The number of halogens is 1. The molecule has 150 valence electrons. The Hall–Kier alpha value is -3.02. The van der Waals surface area contributed by atoms with Crippen molar-refractivity contribution in [3.05, 3.63) is 99.4 Å². The first-order valence-corrected chi connectivity index (χ1v) is 10.5. The number of ether oxygens (including phenoxy) is 1. The van der Waals surface area contributed by atoms with E-state index in [-0.39, 0.29) is 11.1 Å². The van der Waals surface area contributed by atoms with Crippen LogP contribution in [0.5, 0.6) is 5.75 Å². The van der Waals surface area contributed by atoms with Crippen molar-refractivity contribution >= 4 is 46.3 Å². The third-order valence-electron chi connectivity index (χ3n) is 4.54. The molecule has 3 aromatic carbocycles. The standard InChI is InChI=1S/C24H18ClNO3S/c1-16-6-4-7-17(12-16)15-29-21-11-3-2-8-18(21)13-22-23(27)26(24(28)30-22)20-10-5-9-19(25)14-20/h2-14H,15H2,1H3/b22-13-. The lowest BCUT2D eigenvalue weighted by Gasteiger charge is -2.12. The number of carbonyl (C=O) groups is 2. The van der Waals surface area contributed by atoms with Crippen LogP contribution in [0.25, 0.3) is 6.08 Å². The molecule has 0 radical (unpaired) electrons. The van der Waals surface area contributed by atoms with Gasteiger partial charge in [-0.2, -0.15) is 0 Å². The summed E-state index contributed by atoms with van der Waals surface area (Å²) in [5.74, 6) is 0.273. The van der Waals surface area contributed by atoms with Gasteiger partial charge in [0.25, 0.3) is 11.1 Å². The second-order valence-corrected chi connectivity index (χ2v) is 8.24. The van der Waals surface area contributed by atoms with Gasteiger partial charge in [-0.15, -0.1) is 0 Å². The molecule has 1 fully saturated rings. The van der Waals surface area contributed by atoms with Gasteiger partial charge in [0.05, 0.1) is 10.6 Å². The summed E-state index contributed by atoms with van der Waals surface area (Å²) >= 11 is 6.92. The van der Waals surface area contributed by atoms with Gasteiger partial charge in [0, 0.05) is 10.6 Å². The summed E-state index contributed by atoms with van der Waals surface area (Å²) in [6.45, 7) is 2.45. The SMILES string of the molecule is Cc1cccc(COc2ccccc2/C=C2\SC(=O)N(c3cccc(Cl)c3)C2=O)c1. The quantitative estimate of drug-likeness (QED) is 0.431. The zero-order valence-electron chi connectivity index (χ0n) is 16.2. The summed E-state index contributed by atoms with van der Waals surface area (Å²) in [7, 11) is 0. The van der Waals surface area contributed by atoms with E-state index in [2.05, 4.69) is 6.07 Å². The Balaban J connectivity index is 1.58. The average molecular weight is 436 g/mol. The molecule has 0 aromatic heterocycles. The molecule has 1 heterocycles. The molecule has 6 heteroatoms. The summed E-state index contributed by atoms with van der Waals surface area (Å²) in [6, 6.07) is 22.2. The number of carbonyl (C=O) groups excluding carboxylic acids is 2. The molecular formula is C24H18ClNO3S. The van der Waals surface area contributed by atoms with Gasteiger partial charge in [0.2, 0.25) is 0 Å². The molecule has 1 aliphatic rings. The highest BCUT2D eigenvalue weighted by Crippen LogP contribution is 2.37. The van der Waals surface area contributed by atoms with E-state index >= 15 is 0 Å². The number of thioether (sulfide) groups is 1. The van der Waals surface area contributed by atoms with E-state index in [0.29, 0.717) is 28.0 Å². The molecule has 30 heavy (non-hydrogen) atoms. The minimum atomic E-state index is -0.374. The normalized spacial score (nSPS) is 15.1. The molecular weight excluding hydrogens is 418 g/mol. The van der Waals surface area contributed by atoms with Crippen LogP contribution in [-0.4, -0.2) is 11.1 Å². The highest BCUT2D eigenvalue weighted by atomic mass is 35.5. The summed E-state index contributed by atoms with van der Waals surface area (Å²) in [5.41, 5.74) is 3.42. The highest BCUT2D eigenvalue weighted by molar-refractivity contribution is 8.19. The molecule has 2 amide bonds. The van der Waals surface area contributed by atoms with Crippen LogP contribution in [-0.2, 0) is 11.4 Å². The number of hydrogen-bond donors (Lipinski definition) is 0. The summed E-state index contributed by atoms with van der Waals surface area (Å²) in [4.78, 5) is 26.8. The molecule has 0 aliphatic carbocycles. The maximum Gasteiger partial charge on any atom is 0.298 e. The molecule has 4 nitrogen and oxygen atoms in total. The Morgan fingerprint density at radius 3 is 2.60 bits per heavy atom. The largest absolute Gasteiger partial charge is 0.488 e. The van der Waals surface area contributed by atoms with Crippen LogP contribution in [0.3, 0.4) is 0 Å². The van der Waals surface area contributed by atoms with Crippen LogP contribution in [0, 0.1) is 6.92 Å². The topological polar surface area (TPSA) is 46.6 Å². The fourth-order valence-corrected chi connectivity index (χ4v) is 4.16. The van der Waals surface area contributed by atoms with E-state index < -0.39 is 0 Å². The van der Waals surface area contributed by atoms with Gasteiger partial charge >= 0.3 is 0 Å². The third kappa shape index (κ3) is 4.42. The predicted molar refractivity (Wildman–Crippen MR) is 122 cm³/mol. The van der Waals surface area contributed by atoms with Crippen LogP contribution in [0.1, 0.15) is 16.7 Å². The summed E-state index contributed by atoms with van der Waals surface area (Å²) in [5, 5.41) is 0.108. The van der Waals surface area contributed by atoms with Crippen molar-refractivity contribution in [1.29, 1.82) is 0 Å². The highest BCUT2D eigenvalue weighted by Gasteiger charge is 2.36. The van der Waals surface area contributed by atoms with Crippen LogP contribution >= 0.6 is 23.4 Å². The predicted octanol–water partition coefficient (Wildman–Crippen LogP) is 6.47. The second kappa shape index (κ2) is 8.78. The van der Waals surface area contributed by atoms with Gasteiger partial charge in [0.15, 0.2) is 0 Å². The monoisotopic (exact) mass is 435 g/mol. The molecule has 4 rings (SSSR count). The number of rotatable bonds is 5. The first kappa shape index (κ1) is 20.3. The van der Waals surface area contributed by atoms with Gasteiger partial charge in [-0.3, -0.25) is 9.59 Å². The van der Waals surface area contributed by atoms with Crippen LogP contribution in [0.2, 0.25) is 5.02 Å². The van der Waals surface area contributed by atoms with Crippen molar-refractivity contribution < 1.29 is 14.3 Å². The Labute approximate surface area is 184 Å². The minimum Gasteiger partial charge on any atom is -0.488 e. The number of amides is 2. The van der Waals surface area contributed by atoms with Crippen molar-refractivity contribution in [3.8, 4) is 5.75 Å². The van der Waals surface area contributed by atoms with Gasteiger partial charge in [-0.25, -0.2) is 4.90 Å². The zero-order chi connectivity index (χ0) is 21.1. The smallest absolute Gasteiger partial charge is 0.298 e. The van der Waals surface area contributed by atoms with E-state index in [1.54, 1.807) is 30.3 Å². The van der Waals surface area contributed by atoms with Crippen molar-refractivity contribution in [3.63, 3.8) is 0 Å². The summed E-state index contributed by atoms with van der Waals surface area (Å²) < 4.78 is 6.00. The maximum absolute atomic E-state index is 12.9.